The van der Waals surface area contributed by atoms with E-state index in [2.05, 4.69) is 10.1 Å². The van der Waals surface area contributed by atoms with Gasteiger partial charge in [0.15, 0.2) is 0 Å². The number of likely N-dealkylation sites (N-methyl/N-ethyl adjacent to an activating group) is 1. The Morgan fingerprint density at radius 3 is 2.62 bits per heavy atom. The molecular formula is C20H21N3O3. The average molecular weight is 351 g/mol. The van der Waals surface area contributed by atoms with Gasteiger partial charge in [0.1, 0.15) is 12.2 Å². The summed E-state index contributed by atoms with van der Waals surface area (Å²) in [6.45, 7) is 4.51. The highest BCUT2D eigenvalue weighted by atomic mass is 16.5. The molecule has 0 aliphatic heterocycles. The van der Waals surface area contributed by atoms with E-state index >= 15 is 0 Å². The fraction of sp³-hybridized carbons (Fsp3) is 0.250. The summed E-state index contributed by atoms with van der Waals surface area (Å²) in [5.74, 6) is 1.42. The van der Waals surface area contributed by atoms with Crippen LogP contribution in [0.2, 0.25) is 0 Å². The van der Waals surface area contributed by atoms with Gasteiger partial charge >= 0.3 is 0 Å². The lowest BCUT2D eigenvalue weighted by Gasteiger charge is -2.20. The Hall–Kier alpha value is -3.15. The predicted molar refractivity (Wildman–Crippen MR) is 99.2 cm³/mol. The van der Waals surface area contributed by atoms with Gasteiger partial charge in [0.05, 0.1) is 7.11 Å². The number of benzene rings is 2. The summed E-state index contributed by atoms with van der Waals surface area (Å²) in [6, 6.07) is 15.2. The molecule has 2 aromatic carbocycles. The number of methoxy groups -OCH3 is 1. The summed E-state index contributed by atoms with van der Waals surface area (Å²) >= 11 is 0. The Morgan fingerprint density at radius 1 is 1.19 bits per heavy atom. The van der Waals surface area contributed by atoms with E-state index in [0.717, 1.165) is 22.6 Å². The van der Waals surface area contributed by atoms with Crippen LogP contribution >= 0.6 is 0 Å². The highest BCUT2D eigenvalue weighted by Crippen LogP contribution is 2.21. The number of anilines is 1. The second kappa shape index (κ2) is 7.82. The Kier molecular flexibility index (Phi) is 5.31. The molecule has 6 heteroatoms. The van der Waals surface area contributed by atoms with Crippen molar-refractivity contribution in [2.24, 2.45) is 0 Å². The van der Waals surface area contributed by atoms with Crippen molar-refractivity contribution in [2.75, 3.05) is 18.6 Å². The van der Waals surface area contributed by atoms with Crippen molar-refractivity contribution >= 4 is 11.6 Å². The van der Waals surface area contributed by atoms with Crippen LogP contribution in [0.25, 0.3) is 11.4 Å². The summed E-state index contributed by atoms with van der Waals surface area (Å²) < 4.78 is 10.4. The minimum Gasteiger partial charge on any atom is -0.497 e. The van der Waals surface area contributed by atoms with Crippen molar-refractivity contribution in [3.63, 3.8) is 0 Å². The molecule has 26 heavy (non-hydrogen) atoms. The normalized spacial score (nSPS) is 10.6. The Balaban J connectivity index is 1.74. The third-order valence-corrected chi connectivity index (χ3v) is 4.05. The summed E-state index contributed by atoms with van der Waals surface area (Å²) in [7, 11) is 1.61. The van der Waals surface area contributed by atoms with Crippen molar-refractivity contribution in [3.8, 4) is 17.1 Å². The van der Waals surface area contributed by atoms with E-state index in [0.29, 0.717) is 18.3 Å². The molecule has 0 spiro atoms. The van der Waals surface area contributed by atoms with Crippen LogP contribution in [0.5, 0.6) is 5.75 Å². The van der Waals surface area contributed by atoms with Crippen LogP contribution in [0.1, 0.15) is 18.4 Å². The van der Waals surface area contributed by atoms with E-state index in [1.54, 1.807) is 12.0 Å². The zero-order valence-corrected chi connectivity index (χ0v) is 15.1. The third kappa shape index (κ3) is 3.91. The fourth-order valence-electron chi connectivity index (χ4n) is 2.71. The maximum absolute atomic E-state index is 12.7. The first-order valence-electron chi connectivity index (χ1n) is 8.44. The lowest BCUT2D eigenvalue weighted by Crippen LogP contribution is -2.32. The second-order valence-corrected chi connectivity index (χ2v) is 5.89. The lowest BCUT2D eigenvalue weighted by molar-refractivity contribution is -0.118. The Morgan fingerprint density at radius 2 is 1.96 bits per heavy atom. The number of carbonyl (C=O) groups excluding carboxylic acids is 1. The summed E-state index contributed by atoms with van der Waals surface area (Å²) in [6.07, 6.45) is 0.0605. The van der Waals surface area contributed by atoms with Crippen molar-refractivity contribution in [2.45, 2.75) is 20.3 Å². The standard InChI is InChI=1S/C20H21N3O3/c1-4-23(16-7-5-6-14(2)12-16)19(24)13-18-21-20(22-26-18)15-8-10-17(25-3)11-9-15/h5-12H,4,13H2,1-3H3. The molecule has 0 aliphatic rings. The van der Waals surface area contributed by atoms with Gasteiger partial charge in [0, 0.05) is 17.8 Å². The molecule has 1 aromatic heterocycles. The number of nitrogens with zero attached hydrogens (tertiary/aromatic N) is 3. The van der Waals surface area contributed by atoms with E-state index < -0.39 is 0 Å². The summed E-state index contributed by atoms with van der Waals surface area (Å²) in [5.41, 5.74) is 2.78. The average Bonchev–Trinajstić information content (AvgIpc) is 3.11. The molecule has 0 radical (unpaired) electrons. The van der Waals surface area contributed by atoms with Gasteiger partial charge in [0.2, 0.25) is 17.6 Å². The Bertz CT molecular complexity index is 887. The number of aryl methyl sites for hydroxylation is 1. The van der Waals surface area contributed by atoms with Gasteiger partial charge in [-0.3, -0.25) is 4.79 Å². The molecular weight excluding hydrogens is 330 g/mol. The number of carbonyl (C=O) groups is 1. The van der Waals surface area contributed by atoms with Gasteiger partial charge in [-0.25, -0.2) is 0 Å². The van der Waals surface area contributed by atoms with Gasteiger partial charge in [0.25, 0.3) is 0 Å². The van der Waals surface area contributed by atoms with Crippen LogP contribution in [-0.4, -0.2) is 29.7 Å². The molecule has 6 nitrogen and oxygen atoms in total. The maximum Gasteiger partial charge on any atom is 0.236 e. The van der Waals surface area contributed by atoms with Crippen molar-refractivity contribution in [3.05, 3.63) is 60.0 Å². The van der Waals surface area contributed by atoms with Gasteiger partial charge in [-0.15, -0.1) is 0 Å². The molecule has 3 aromatic rings. The quantitative estimate of drug-likeness (QED) is 0.678. The van der Waals surface area contributed by atoms with Gasteiger partial charge in [-0.05, 0) is 55.8 Å². The van der Waals surface area contributed by atoms with E-state index in [1.165, 1.54) is 0 Å². The molecule has 0 aliphatic carbocycles. The monoisotopic (exact) mass is 351 g/mol. The molecule has 3 rings (SSSR count). The van der Waals surface area contributed by atoms with Crippen LogP contribution in [0.3, 0.4) is 0 Å². The fourth-order valence-corrected chi connectivity index (χ4v) is 2.71. The minimum atomic E-state index is -0.0805. The van der Waals surface area contributed by atoms with Crippen LogP contribution in [0.4, 0.5) is 5.69 Å². The smallest absolute Gasteiger partial charge is 0.236 e. The zero-order chi connectivity index (χ0) is 18.5. The molecule has 0 saturated carbocycles. The topological polar surface area (TPSA) is 68.5 Å². The molecule has 1 amide bonds. The second-order valence-electron chi connectivity index (χ2n) is 5.89. The van der Waals surface area contributed by atoms with E-state index in [4.69, 9.17) is 9.26 Å². The largest absolute Gasteiger partial charge is 0.497 e. The van der Waals surface area contributed by atoms with Crippen LogP contribution in [0, 0.1) is 6.92 Å². The minimum absolute atomic E-state index is 0.0605. The van der Waals surface area contributed by atoms with E-state index in [-0.39, 0.29) is 12.3 Å². The molecule has 0 N–H and O–H groups in total. The van der Waals surface area contributed by atoms with Crippen molar-refractivity contribution in [1.29, 1.82) is 0 Å². The van der Waals surface area contributed by atoms with Crippen molar-refractivity contribution in [1.82, 2.24) is 10.1 Å². The predicted octanol–water partition coefficient (Wildman–Crippen LogP) is 3.65. The van der Waals surface area contributed by atoms with E-state index in [1.807, 2.05) is 62.4 Å². The third-order valence-electron chi connectivity index (χ3n) is 4.05. The number of hydrogen-bond acceptors (Lipinski definition) is 5. The van der Waals surface area contributed by atoms with Crippen LogP contribution < -0.4 is 9.64 Å². The first-order chi connectivity index (χ1) is 12.6. The number of hydrogen-bond donors (Lipinski definition) is 0. The van der Waals surface area contributed by atoms with E-state index in [9.17, 15) is 4.79 Å². The Labute approximate surface area is 152 Å². The molecule has 0 unspecified atom stereocenters. The molecule has 0 saturated heterocycles. The lowest BCUT2D eigenvalue weighted by atomic mass is 10.2. The molecule has 0 bridgehead atoms. The molecule has 1 heterocycles. The number of ether oxygens (including phenoxy) is 1. The van der Waals surface area contributed by atoms with Gasteiger partial charge in [-0.2, -0.15) is 4.98 Å². The number of aromatic nitrogens is 2. The maximum atomic E-state index is 12.7. The van der Waals surface area contributed by atoms with Gasteiger partial charge in [-0.1, -0.05) is 17.3 Å². The molecule has 134 valence electrons. The highest BCUT2D eigenvalue weighted by molar-refractivity contribution is 5.94. The molecule has 0 fully saturated rings. The first-order valence-corrected chi connectivity index (χ1v) is 8.44. The van der Waals surface area contributed by atoms with Crippen LogP contribution in [-0.2, 0) is 11.2 Å². The SMILES string of the molecule is CCN(C(=O)Cc1nc(-c2ccc(OC)cc2)no1)c1cccc(C)c1. The number of rotatable bonds is 6. The highest BCUT2D eigenvalue weighted by Gasteiger charge is 2.18. The zero-order valence-electron chi connectivity index (χ0n) is 15.1. The first kappa shape index (κ1) is 17.7. The summed E-state index contributed by atoms with van der Waals surface area (Å²) in [5, 5.41) is 3.97. The van der Waals surface area contributed by atoms with Crippen molar-refractivity contribution < 1.29 is 14.1 Å². The summed E-state index contributed by atoms with van der Waals surface area (Å²) in [4.78, 5) is 18.7. The number of amides is 1. The van der Waals surface area contributed by atoms with Crippen LogP contribution in [0.15, 0.2) is 53.1 Å². The molecule has 0 atom stereocenters. The van der Waals surface area contributed by atoms with Gasteiger partial charge < -0.3 is 14.2 Å².